The van der Waals surface area contributed by atoms with Crippen molar-refractivity contribution in [1.82, 2.24) is 8.87 Å². The number of carbonyl (C=O) groups excluding carboxylic acids is 1. The van der Waals surface area contributed by atoms with Crippen molar-refractivity contribution in [3.63, 3.8) is 0 Å². The number of hydrogen-bond acceptors (Lipinski definition) is 3. The molecule has 1 aliphatic heterocycles. The van der Waals surface area contributed by atoms with E-state index in [1.54, 1.807) is 0 Å². The number of nitrogens with one attached hydrogen (secondary N) is 1. The number of amides is 1. The zero-order valence-electron chi connectivity index (χ0n) is 15.5. The van der Waals surface area contributed by atoms with E-state index < -0.39 is 32.7 Å². The van der Waals surface area contributed by atoms with Crippen molar-refractivity contribution in [2.75, 3.05) is 18.4 Å². The van der Waals surface area contributed by atoms with E-state index in [4.69, 9.17) is 11.6 Å². The van der Waals surface area contributed by atoms with Gasteiger partial charge in [0.1, 0.15) is 10.6 Å². The molecule has 0 saturated carbocycles. The second kappa shape index (κ2) is 8.00. The minimum absolute atomic E-state index is 0.00379. The van der Waals surface area contributed by atoms with Crippen LogP contribution in [0.15, 0.2) is 35.4 Å². The molecule has 29 heavy (non-hydrogen) atoms. The molecule has 3 rings (SSSR count). The highest BCUT2D eigenvalue weighted by atomic mass is 35.5. The van der Waals surface area contributed by atoms with Gasteiger partial charge in [-0.1, -0.05) is 18.0 Å². The van der Waals surface area contributed by atoms with E-state index in [1.165, 1.54) is 34.2 Å². The van der Waals surface area contributed by atoms with Crippen LogP contribution in [0.2, 0.25) is 5.02 Å². The monoisotopic (exact) mass is 449 g/mol. The molecule has 158 valence electrons. The summed E-state index contributed by atoms with van der Waals surface area (Å²) < 4.78 is 67.2. The highest BCUT2D eigenvalue weighted by Crippen LogP contribution is 2.36. The first-order valence-electron chi connectivity index (χ1n) is 8.85. The molecule has 1 fully saturated rings. The first-order chi connectivity index (χ1) is 13.5. The Balaban J connectivity index is 1.84. The van der Waals surface area contributed by atoms with Crippen LogP contribution >= 0.6 is 11.6 Å². The summed E-state index contributed by atoms with van der Waals surface area (Å²) in [6, 6.07) is 4.23. The summed E-state index contributed by atoms with van der Waals surface area (Å²) in [6.45, 7) is 0.841. The predicted molar refractivity (Wildman–Crippen MR) is 102 cm³/mol. The summed E-state index contributed by atoms with van der Waals surface area (Å²) in [7, 11) is -2.24. The van der Waals surface area contributed by atoms with Crippen LogP contribution in [-0.4, -0.2) is 36.3 Å². The maximum atomic E-state index is 13.0. The number of aryl methyl sites for hydroxylation is 1. The number of aromatic nitrogens is 1. The standard InChI is InChI=1S/C18H19ClF3N3O3S/c1-24-11-13(29(27,28)25-7-3-2-4-8-25)10-16(24)17(26)23-12-5-6-15(19)14(9-12)18(20,21)22/h5-6,9-11H,2-4,7-8H2,1H3,(H,23,26). The number of nitrogens with zero attached hydrogens (tertiary/aromatic N) is 2. The fraction of sp³-hybridized carbons (Fsp3) is 0.389. The van der Waals surface area contributed by atoms with Crippen LogP contribution in [-0.2, 0) is 23.2 Å². The molecule has 0 atom stereocenters. The number of rotatable bonds is 4. The van der Waals surface area contributed by atoms with Crippen LogP contribution in [0.4, 0.5) is 18.9 Å². The van der Waals surface area contributed by atoms with Gasteiger partial charge in [-0.15, -0.1) is 0 Å². The predicted octanol–water partition coefficient (Wildman–Crippen LogP) is 4.12. The van der Waals surface area contributed by atoms with E-state index >= 15 is 0 Å². The minimum Gasteiger partial charge on any atom is -0.345 e. The molecule has 2 heterocycles. The molecular formula is C18H19ClF3N3O3S. The van der Waals surface area contributed by atoms with E-state index in [0.717, 1.165) is 31.4 Å². The number of sulfonamides is 1. The average molecular weight is 450 g/mol. The van der Waals surface area contributed by atoms with Crippen molar-refractivity contribution < 1.29 is 26.4 Å². The van der Waals surface area contributed by atoms with E-state index in [2.05, 4.69) is 5.32 Å². The number of piperidine rings is 1. The molecule has 11 heteroatoms. The van der Waals surface area contributed by atoms with Crippen LogP contribution in [0, 0.1) is 0 Å². The van der Waals surface area contributed by atoms with Gasteiger partial charge in [-0.3, -0.25) is 4.79 Å². The zero-order chi connectivity index (χ0) is 21.4. The molecule has 1 aromatic heterocycles. The lowest BCUT2D eigenvalue weighted by molar-refractivity contribution is -0.137. The molecule has 1 aromatic carbocycles. The van der Waals surface area contributed by atoms with Crippen molar-refractivity contribution >= 4 is 33.2 Å². The van der Waals surface area contributed by atoms with Crippen molar-refractivity contribution in [2.45, 2.75) is 30.3 Å². The van der Waals surface area contributed by atoms with Crippen LogP contribution in [0.3, 0.4) is 0 Å². The lowest BCUT2D eigenvalue weighted by Crippen LogP contribution is -2.35. The van der Waals surface area contributed by atoms with E-state index in [-0.39, 0.29) is 16.3 Å². The fourth-order valence-corrected chi connectivity index (χ4v) is 4.98. The first kappa shape index (κ1) is 21.7. The molecule has 1 saturated heterocycles. The van der Waals surface area contributed by atoms with Gasteiger partial charge in [0.25, 0.3) is 5.91 Å². The van der Waals surface area contributed by atoms with Crippen molar-refractivity contribution in [1.29, 1.82) is 0 Å². The SMILES string of the molecule is Cn1cc(S(=O)(=O)N2CCCCC2)cc1C(=O)Nc1ccc(Cl)c(C(F)(F)F)c1. The molecule has 6 nitrogen and oxygen atoms in total. The van der Waals surface area contributed by atoms with E-state index in [0.29, 0.717) is 13.1 Å². The molecule has 0 radical (unpaired) electrons. The summed E-state index contributed by atoms with van der Waals surface area (Å²) in [4.78, 5) is 12.5. The molecule has 0 bridgehead atoms. The van der Waals surface area contributed by atoms with Gasteiger partial charge in [0, 0.05) is 32.0 Å². The Morgan fingerprint density at radius 1 is 1.14 bits per heavy atom. The van der Waals surface area contributed by atoms with Gasteiger partial charge in [-0.2, -0.15) is 17.5 Å². The Morgan fingerprint density at radius 3 is 2.41 bits per heavy atom. The number of carbonyl (C=O) groups is 1. The quantitative estimate of drug-likeness (QED) is 0.763. The lowest BCUT2D eigenvalue weighted by atomic mass is 10.2. The number of anilines is 1. The van der Waals surface area contributed by atoms with E-state index in [1.807, 2.05) is 0 Å². The van der Waals surface area contributed by atoms with Crippen LogP contribution in [0.25, 0.3) is 0 Å². The third-order valence-corrected chi connectivity index (χ3v) is 6.89. The third kappa shape index (κ3) is 4.59. The normalized spacial score (nSPS) is 16.0. The first-order valence-corrected chi connectivity index (χ1v) is 10.7. The van der Waals surface area contributed by atoms with Crippen molar-refractivity contribution in [2.24, 2.45) is 7.05 Å². The minimum atomic E-state index is -4.67. The lowest BCUT2D eigenvalue weighted by Gasteiger charge is -2.25. The molecule has 1 aliphatic rings. The second-order valence-electron chi connectivity index (χ2n) is 6.78. The molecule has 0 unspecified atom stereocenters. The summed E-state index contributed by atoms with van der Waals surface area (Å²) >= 11 is 5.58. The Morgan fingerprint density at radius 2 is 1.79 bits per heavy atom. The molecule has 2 aromatic rings. The molecule has 0 aliphatic carbocycles. The molecular weight excluding hydrogens is 431 g/mol. The van der Waals surface area contributed by atoms with Gasteiger partial charge in [-0.05, 0) is 37.1 Å². The summed E-state index contributed by atoms with van der Waals surface area (Å²) in [5.74, 6) is -0.733. The molecule has 0 spiro atoms. The van der Waals surface area contributed by atoms with Crippen LogP contribution in [0.5, 0.6) is 0 Å². The largest absolute Gasteiger partial charge is 0.417 e. The molecule has 1 amide bonds. The topological polar surface area (TPSA) is 71.4 Å². The summed E-state index contributed by atoms with van der Waals surface area (Å²) in [5.41, 5.74) is -1.17. The number of benzene rings is 1. The smallest absolute Gasteiger partial charge is 0.345 e. The summed E-state index contributed by atoms with van der Waals surface area (Å²) in [5, 5.41) is 1.87. The summed E-state index contributed by atoms with van der Waals surface area (Å²) in [6.07, 6.45) is -0.829. The highest BCUT2D eigenvalue weighted by molar-refractivity contribution is 7.89. The zero-order valence-corrected chi connectivity index (χ0v) is 17.0. The van der Waals surface area contributed by atoms with Crippen LogP contribution < -0.4 is 5.32 Å². The Kier molecular flexibility index (Phi) is 5.98. The molecule has 1 N–H and O–H groups in total. The maximum Gasteiger partial charge on any atom is 0.417 e. The van der Waals surface area contributed by atoms with E-state index in [9.17, 15) is 26.4 Å². The Hall–Kier alpha value is -2.04. The Labute approximate surface area is 171 Å². The maximum absolute atomic E-state index is 13.0. The van der Waals surface area contributed by atoms with Gasteiger partial charge < -0.3 is 9.88 Å². The van der Waals surface area contributed by atoms with Crippen molar-refractivity contribution in [3.8, 4) is 0 Å². The van der Waals surface area contributed by atoms with Gasteiger partial charge in [0.2, 0.25) is 10.0 Å². The Bertz CT molecular complexity index is 1030. The number of alkyl halides is 3. The van der Waals surface area contributed by atoms with Gasteiger partial charge >= 0.3 is 6.18 Å². The van der Waals surface area contributed by atoms with Crippen molar-refractivity contribution in [3.05, 3.63) is 46.7 Å². The number of halogens is 4. The second-order valence-corrected chi connectivity index (χ2v) is 9.13. The van der Waals surface area contributed by atoms with Gasteiger partial charge in [-0.25, -0.2) is 8.42 Å². The average Bonchev–Trinajstić information content (AvgIpc) is 3.06. The van der Waals surface area contributed by atoms with Gasteiger partial charge in [0.05, 0.1) is 10.6 Å². The highest BCUT2D eigenvalue weighted by Gasteiger charge is 2.34. The van der Waals surface area contributed by atoms with Gasteiger partial charge in [0.15, 0.2) is 0 Å². The third-order valence-electron chi connectivity index (χ3n) is 4.69. The number of hydrogen-bond donors (Lipinski definition) is 1. The van der Waals surface area contributed by atoms with Crippen LogP contribution in [0.1, 0.15) is 35.3 Å². The fourth-order valence-electron chi connectivity index (χ4n) is 3.17.